The lowest BCUT2D eigenvalue weighted by atomic mass is 10.2. The Labute approximate surface area is 167 Å². The van der Waals surface area contributed by atoms with Gasteiger partial charge in [-0.3, -0.25) is 0 Å². The van der Waals surface area contributed by atoms with Crippen LogP contribution in [0.2, 0.25) is 0 Å². The fourth-order valence-electron chi connectivity index (χ4n) is 2.45. The average Bonchev–Trinajstić information content (AvgIpc) is 2.69. The van der Waals surface area contributed by atoms with Crippen molar-refractivity contribution in [2.45, 2.75) is 39.5 Å². The molecule has 0 spiro atoms. The monoisotopic (exact) mass is 380 g/mol. The second-order valence-electron chi connectivity index (χ2n) is 6.71. The minimum absolute atomic E-state index is 0.315. The minimum atomic E-state index is -0.315. The topological polar surface area (TPSA) is 60.2 Å². The normalized spacial score (nSPS) is 10.8. The third-order valence-electron chi connectivity index (χ3n) is 4.01. The smallest absolute Gasteiger partial charge is 0.333 e. The second-order valence-corrected chi connectivity index (χ2v) is 6.71. The first-order chi connectivity index (χ1) is 13.5. The van der Waals surface area contributed by atoms with Gasteiger partial charge in [-0.2, -0.15) is 10.2 Å². The van der Waals surface area contributed by atoms with Gasteiger partial charge in [-0.05, 0) is 81.5 Å². The van der Waals surface area contributed by atoms with Crippen molar-refractivity contribution in [2.24, 2.45) is 10.2 Å². The van der Waals surface area contributed by atoms with Crippen molar-refractivity contribution in [2.75, 3.05) is 13.2 Å². The Hall–Kier alpha value is -2.95. The fraction of sp³-hybridized carbons (Fsp3) is 0.348. The van der Waals surface area contributed by atoms with Gasteiger partial charge in [0, 0.05) is 5.57 Å². The van der Waals surface area contributed by atoms with Gasteiger partial charge in [0.05, 0.1) is 24.6 Å². The molecular formula is C23H28N2O3. The quantitative estimate of drug-likeness (QED) is 0.194. The molecule has 2 rings (SSSR count). The van der Waals surface area contributed by atoms with Gasteiger partial charge in [0.15, 0.2) is 0 Å². The molecule has 148 valence electrons. The zero-order valence-corrected chi connectivity index (χ0v) is 16.7. The number of hydrogen-bond acceptors (Lipinski definition) is 5. The predicted molar refractivity (Wildman–Crippen MR) is 112 cm³/mol. The van der Waals surface area contributed by atoms with E-state index in [2.05, 4.69) is 16.8 Å². The third-order valence-corrected chi connectivity index (χ3v) is 4.01. The van der Waals surface area contributed by atoms with Gasteiger partial charge in [0.2, 0.25) is 0 Å². The minimum Gasteiger partial charge on any atom is -0.494 e. The van der Waals surface area contributed by atoms with Crippen LogP contribution in [0.25, 0.3) is 0 Å². The zero-order valence-electron chi connectivity index (χ0n) is 16.7. The van der Waals surface area contributed by atoms with E-state index in [1.54, 1.807) is 6.92 Å². The van der Waals surface area contributed by atoms with Crippen LogP contribution in [0.5, 0.6) is 5.75 Å². The van der Waals surface area contributed by atoms with Crippen molar-refractivity contribution >= 4 is 17.3 Å². The Morgan fingerprint density at radius 1 is 0.929 bits per heavy atom. The summed E-state index contributed by atoms with van der Waals surface area (Å²) in [6.07, 6.45) is 3.86. The first kappa shape index (κ1) is 21.4. The summed E-state index contributed by atoms with van der Waals surface area (Å²) in [5.74, 6) is 0.509. The molecule has 0 N–H and O–H groups in total. The lowest BCUT2D eigenvalue weighted by molar-refractivity contribution is -0.139. The number of ether oxygens (including phenoxy) is 2. The number of unbranched alkanes of at least 4 members (excludes halogenated alkanes) is 3. The summed E-state index contributed by atoms with van der Waals surface area (Å²) < 4.78 is 10.8. The number of esters is 1. The molecule has 0 unspecified atom stereocenters. The van der Waals surface area contributed by atoms with Crippen molar-refractivity contribution < 1.29 is 14.3 Å². The maximum absolute atomic E-state index is 11.2. The van der Waals surface area contributed by atoms with Crippen molar-refractivity contribution in [3.05, 3.63) is 66.2 Å². The second kappa shape index (κ2) is 11.7. The summed E-state index contributed by atoms with van der Waals surface area (Å²) in [6, 6.07) is 15.5. The Bertz CT molecular complexity index is 798. The highest BCUT2D eigenvalue weighted by Crippen LogP contribution is 2.22. The number of carbonyl (C=O) groups excluding carboxylic acids is 1. The molecule has 0 heterocycles. The largest absolute Gasteiger partial charge is 0.494 e. The van der Waals surface area contributed by atoms with Crippen LogP contribution < -0.4 is 4.74 Å². The van der Waals surface area contributed by atoms with Crippen molar-refractivity contribution in [3.63, 3.8) is 0 Å². The summed E-state index contributed by atoms with van der Waals surface area (Å²) in [6.45, 7) is 8.35. The summed E-state index contributed by atoms with van der Waals surface area (Å²) >= 11 is 0. The highest BCUT2D eigenvalue weighted by atomic mass is 16.5. The molecule has 2 aromatic rings. The van der Waals surface area contributed by atoms with Crippen LogP contribution in [-0.2, 0) is 9.53 Å². The van der Waals surface area contributed by atoms with E-state index in [1.807, 2.05) is 55.5 Å². The van der Waals surface area contributed by atoms with E-state index in [9.17, 15) is 4.79 Å². The standard InChI is InChI=1S/C23H28N2O3/c1-18(2)23(26)28-16-7-5-4-6-15-27-22-13-11-20(12-14-22)24-25-21-10-8-9-19(3)17-21/h8-14,17H,1,4-7,15-16H2,2-3H3. The van der Waals surface area contributed by atoms with Gasteiger partial charge < -0.3 is 9.47 Å². The lowest BCUT2D eigenvalue weighted by Crippen LogP contribution is -2.06. The zero-order chi connectivity index (χ0) is 20.2. The van der Waals surface area contributed by atoms with E-state index in [1.165, 1.54) is 0 Å². The number of benzene rings is 2. The number of hydrogen-bond donors (Lipinski definition) is 0. The Kier molecular flexibility index (Phi) is 8.92. The molecule has 0 fully saturated rings. The molecule has 2 aromatic carbocycles. The van der Waals surface area contributed by atoms with Crippen molar-refractivity contribution in [3.8, 4) is 5.75 Å². The van der Waals surface area contributed by atoms with E-state index < -0.39 is 0 Å². The Morgan fingerprint density at radius 3 is 2.29 bits per heavy atom. The van der Waals surface area contributed by atoms with E-state index in [0.717, 1.165) is 48.4 Å². The molecule has 0 atom stereocenters. The molecule has 5 nitrogen and oxygen atoms in total. The van der Waals surface area contributed by atoms with Crippen LogP contribution >= 0.6 is 0 Å². The van der Waals surface area contributed by atoms with Gasteiger partial charge in [-0.15, -0.1) is 0 Å². The molecular weight excluding hydrogens is 352 g/mol. The van der Waals surface area contributed by atoms with E-state index in [-0.39, 0.29) is 5.97 Å². The number of azo groups is 1. The summed E-state index contributed by atoms with van der Waals surface area (Å²) in [5, 5.41) is 8.49. The van der Waals surface area contributed by atoms with Crippen molar-refractivity contribution in [1.82, 2.24) is 0 Å². The molecule has 0 aromatic heterocycles. The number of nitrogens with zero attached hydrogens (tertiary/aromatic N) is 2. The highest BCUT2D eigenvalue weighted by molar-refractivity contribution is 5.86. The molecule has 28 heavy (non-hydrogen) atoms. The van der Waals surface area contributed by atoms with Crippen LogP contribution in [0.4, 0.5) is 11.4 Å². The maximum atomic E-state index is 11.2. The Morgan fingerprint density at radius 2 is 1.61 bits per heavy atom. The first-order valence-corrected chi connectivity index (χ1v) is 9.58. The highest BCUT2D eigenvalue weighted by Gasteiger charge is 2.02. The molecule has 0 amide bonds. The van der Waals surface area contributed by atoms with Crippen LogP contribution in [-0.4, -0.2) is 19.2 Å². The third kappa shape index (κ3) is 8.16. The van der Waals surface area contributed by atoms with Gasteiger partial charge in [0.25, 0.3) is 0 Å². The van der Waals surface area contributed by atoms with Gasteiger partial charge in [0.1, 0.15) is 5.75 Å². The SMILES string of the molecule is C=C(C)C(=O)OCCCCCCOc1ccc(N=Nc2cccc(C)c2)cc1. The number of aryl methyl sites for hydroxylation is 1. The summed E-state index contributed by atoms with van der Waals surface area (Å²) in [4.78, 5) is 11.2. The fourth-order valence-corrected chi connectivity index (χ4v) is 2.45. The molecule has 0 aliphatic rings. The van der Waals surface area contributed by atoms with Crippen LogP contribution in [0.15, 0.2) is 70.9 Å². The van der Waals surface area contributed by atoms with Gasteiger partial charge in [-0.1, -0.05) is 18.7 Å². The Balaban J connectivity index is 1.61. The molecule has 0 aliphatic carbocycles. The van der Waals surface area contributed by atoms with E-state index >= 15 is 0 Å². The van der Waals surface area contributed by atoms with Crippen molar-refractivity contribution in [1.29, 1.82) is 0 Å². The van der Waals surface area contributed by atoms with Crippen LogP contribution in [0, 0.1) is 6.92 Å². The summed E-state index contributed by atoms with van der Waals surface area (Å²) in [7, 11) is 0. The summed E-state index contributed by atoms with van der Waals surface area (Å²) in [5.41, 5.74) is 3.23. The van der Waals surface area contributed by atoms with Crippen LogP contribution in [0.1, 0.15) is 38.2 Å². The molecule has 0 radical (unpaired) electrons. The average molecular weight is 380 g/mol. The maximum Gasteiger partial charge on any atom is 0.333 e. The van der Waals surface area contributed by atoms with Gasteiger partial charge >= 0.3 is 5.97 Å². The molecule has 0 bridgehead atoms. The lowest BCUT2D eigenvalue weighted by Gasteiger charge is -2.07. The molecule has 0 saturated carbocycles. The molecule has 5 heteroatoms. The predicted octanol–water partition coefficient (Wildman–Crippen LogP) is 6.47. The van der Waals surface area contributed by atoms with E-state index in [0.29, 0.717) is 18.8 Å². The number of rotatable bonds is 11. The van der Waals surface area contributed by atoms with Crippen LogP contribution in [0.3, 0.4) is 0 Å². The number of carbonyl (C=O) groups is 1. The van der Waals surface area contributed by atoms with E-state index in [4.69, 9.17) is 9.47 Å². The van der Waals surface area contributed by atoms with Gasteiger partial charge in [-0.25, -0.2) is 4.79 Å². The molecule has 0 aliphatic heterocycles. The first-order valence-electron chi connectivity index (χ1n) is 9.58. The molecule has 0 saturated heterocycles.